The minimum atomic E-state index is 0.0415. The second-order valence-electron chi connectivity index (χ2n) is 4.81. The summed E-state index contributed by atoms with van der Waals surface area (Å²) in [6.07, 6.45) is 8.93. The van der Waals surface area contributed by atoms with E-state index >= 15 is 0 Å². The zero-order valence-corrected chi connectivity index (χ0v) is 9.09. The Morgan fingerprint density at radius 3 is 2.29 bits per heavy atom. The molecule has 0 radical (unpaired) electrons. The number of rotatable bonds is 4. The zero-order chi connectivity index (χ0) is 10.0. The molecule has 2 rings (SSSR count). The van der Waals surface area contributed by atoms with Gasteiger partial charge >= 0.3 is 0 Å². The smallest absolute Gasteiger partial charge is 0.0847 e. The molecule has 3 N–H and O–H groups in total. The van der Waals surface area contributed by atoms with Gasteiger partial charge in [0.1, 0.15) is 0 Å². The zero-order valence-electron chi connectivity index (χ0n) is 9.09. The molecule has 1 atom stereocenters. The van der Waals surface area contributed by atoms with E-state index in [1.54, 1.807) is 0 Å². The van der Waals surface area contributed by atoms with Crippen molar-refractivity contribution in [3.8, 4) is 0 Å². The number of nitrogens with two attached hydrogens (primary N) is 1. The molecule has 1 unspecified atom stereocenters. The first kappa shape index (κ1) is 10.4. The predicted molar refractivity (Wildman–Crippen MR) is 56.7 cm³/mol. The maximum atomic E-state index is 5.77. The lowest BCUT2D eigenvalue weighted by Gasteiger charge is -2.44. The van der Waals surface area contributed by atoms with Crippen LogP contribution in [-0.4, -0.2) is 18.8 Å². The topological polar surface area (TPSA) is 47.3 Å². The van der Waals surface area contributed by atoms with E-state index in [1.165, 1.54) is 44.9 Å². The molecule has 2 aliphatic carbocycles. The van der Waals surface area contributed by atoms with Crippen LogP contribution in [-0.2, 0) is 4.74 Å². The normalized spacial score (nSPS) is 28.7. The fourth-order valence-corrected chi connectivity index (χ4v) is 3.11. The molecule has 2 aliphatic rings. The summed E-state index contributed by atoms with van der Waals surface area (Å²) in [5.41, 5.74) is 3.05. The predicted octanol–water partition coefficient (Wildman–Crippen LogP) is 1.58. The summed E-state index contributed by atoms with van der Waals surface area (Å²) >= 11 is 0. The van der Waals surface area contributed by atoms with Crippen LogP contribution in [0.2, 0.25) is 0 Å². The molecule has 14 heavy (non-hydrogen) atoms. The second kappa shape index (κ2) is 4.17. The van der Waals surface area contributed by atoms with Crippen LogP contribution in [0.15, 0.2) is 0 Å². The first-order valence-corrected chi connectivity index (χ1v) is 5.84. The monoisotopic (exact) mass is 198 g/mol. The molecule has 0 aliphatic heterocycles. The molecule has 0 aromatic rings. The average Bonchev–Trinajstić information content (AvgIpc) is 2.60. The third kappa shape index (κ3) is 1.58. The highest BCUT2D eigenvalue weighted by Gasteiger charge is 2.46. The molecule has 2 saturated carbocycles. The molecule has 0 amide bonds. The summed E-state index contributed by atoms with van der Waals surface area (Å²) in [6.45, 7) is 0. The maximum Gasteiger partial charge on any atom is 0.0847 e. The Morgan fingerprint density at radius 1 is 1.29 bits per heavy atom. The lowest BCUT2D eigenvalue weighted by molar-refractivity contribution is -0.0624. The first-order valence-electron chi connectivity index (χ1n) is 5.84. The molecule has 2 fully saturated rings. The lowest BCUT2D eigenvalue weighted by Crippen LogP contribution is -2.58. The Bertz CT molecular complexity index is 186. The van der Waals surface area contributed by atoms with E-state index < -0.39 is 0 Å². The highest BCUT2D eigenvalue weighted by atomic mass is 16.5. The molecule has 0 bridgehead atoms. The number of ether oxygens (including phenoxy) is 1. The molecule has 3 nitrogen and oxygen atoms in total. The van der Waals surface area contributed by atoms with E-state index in [4.69, 9.17) is 10.6 Å². The van der Waals surface area contributed by atoms with Crippen molar-refractivity contribution in [2.45, 2.75) is 56.6 Å². The van der Waals surface area contributed by atoms with Crippen LogP contribution >= 0.6 is 0 Å². The summed E-state index contributed by atoms with van der Waals surface area (Å²) in [5.74, 6) is 6.44. The lowest BCUT2D eigenvalue weighted by atomic mass is 9.72. The molecular weight excluding hydrogens is 176 g/mol. The van der Waals surface area contributed by atoms with E-state index in [2.05, 4.69) is 5.43 Å². The van der Waals surface area contributed by atoms with Crippen molar-refractivity contribution in [2.75, 3.05) is 7.11 Å². The number of nitrogens with one attached hydrogen (secondary N) is 1. The highest BCUT2D eigenvalue weighted by molar-refractivity contribution is 5.00. The van der Waals surface area contributed by atoms with Gasteiger partial charge in [-0.2, -0.15) is 0 Å². The standard InChI is InChI=1S/C11H22N2O/c1-14-11(7-2-3-8-11)10(13-12)9-5-4-6-9/h9-10,13H,2-8,12H2,1H3. The van der Waals surface area contributed by atoms with Crippen LogP contribution in [0.4, 0.5) is 0 Å². The highest BCUT2D eigenvalue weighted by Crippen LogP contribution is 2.42. The van der Waals surface area contributed by atoms with Gasteiger partial charge in [-0.15, -0.1) is 0 Å². The van der Waals surface area contributed by atoms with Crippen LogP contribution in [0.25, 0.3) is 0 Å². The Kier molecular flexibility index (Phi) is 3.10. The van der Waals surface area contributed by atoms with Gasteiger partial charge in [-0.25, -0.2) is 0 Å². The van der Waals surface area contributed by atoms with Crippen molar-refractivity contribution in [1.29, 1.82) is 0 Å². The van der Waals surface area contributed by atoms with E-state index in [1.807, 2.05) is 7.11 Å². The number of hydrogen-bond acceptors (Lipinski definition) is 3. The van der Waals surface area contributed by atoms with Crippen molar-refractivity contribution < 1.29 is 4.74 Å². The summed E-state index contributed by atoms with van der Waals surface area (Å²) in [4.78, 5) is 0. The van der Waals surface area contributed by atoms with Crippen molar-refractivity contribution in [2.24, 2.45) is 11.8 Å². The Morgan fingerprint density at radius 2 is 1.93 bits per heavy atom. The molecule has 3 heteroatoms. The summed E-state index contributed by atoms with van der Waals surface area (Å²) < 4.78 is 5.77. The largest absolute Gasteiger partial charge is 0.377 e. The molecular formula is C11H22N2O. The first-order chi connectivity index (χ1) is 6.82. The van der Waals surface area contributed by atoms with E-state index in [9.17, 15) is 0 Å². The van der Waals surface area contributed by atoms with Gasteiger partial charge in [-0.05, 0) is 31.6 Å². The van der Waals surface area contributed by atoms with Crippen LogP contribution in [0, 0.1) is 5.92 Å². The van der Waals surface area contributed by atoms with Gasteiger partial charge in [0.05, 0.1) is 11.6 Å². The molecule has 0 saturated heterocycles. The minimum absolute atomic E-state index is 0.0415. The molecule has 0 spiro atoms. The minimum Gasteiger partial charge on any atom is -0.377 e. The van der Waals surface area contributed by atoms with Crippen LogP contribution in [0.1, 0.15) is 44.9 Å². The molecule has 0 aromatic heterocycles. The summed E-state index contributed by atoms with van der Waals surface area (Å²) in [5, 5.41) is 0. The van der Waals surface area contributed by atoms with Gasteiger partial charge in [-0.3, -0.25) is 11.3 Å². The van der Waals surface area contributed by atoms with Gasteiger partial charge in [0.15, 0.2) is 0 Å². The summed E-state index contributed by atoms with van der Waals surface area (Å²) in [6, 6.07) is 0.378. The van der Waals surface area contributed by atoms with Crippen LogP contribution in [0.5, 0.6) is 0 Å². The molecule has 82 valence electrons. The molecule has 0 heterocycles. The van der Waals surface area contributed by atoms with Gasteiger partial charge in [0, 0.05) is 7.11 Å². The maximum absolute atomic E-state index is 5.77. The number of hydrazine groups is 1. The van der Waals surface area contributed by atoms with Gasteiger partial charge in [0.25, 0.3) is 0 Å². The average molecular weight is 198 g/mol. The third-order valence-corrected chi connectivity index (χ3v) is 4.22. The van der Waals surface area contributed by atoms with Crippen molar-refractivity contribution in [1.82, 2.24) is 5.43 Å². The Labute approximate surface area is 86.4 Å². The fraction of sp³-hybridized carbons (Fsp3) is 1.00. The Balaban J connectivity index is 2.06. The van der Waals surface area contributed by atoms with Crippen LogP contribution in [0.3, 0.4) is 0 Å². The Hall–Kier alpha value is -0.120. The third-order valence-electron chi connectivity index (χ3n) is 4.22. The quantitative estimate of drug-likeness (QED) is 0.532. The van der Waals surface area contributed by atoms with Gasteiger partial charge in [0.2, 0.25) is 0 Å². The van der Waals surface area contributed by atoms with E-state index in [0.717, 1.165) is 5.92 Å². The second-order valence-corrected chi connectivity index (χ2v) is 4.81. The van der Waals surface area contributed by atoms with Crippen LogP contribution < -0.4 is 11.3 Å². The fourth-order valence-electron chi connectivity index (χ4n) is 3.11. The summed E-state index contributed by atoms with van der Waals surface area (Å²) in [7, 11) is 1.84. The van der Waals surface area contributed by atoms with E-state index in [0.29, 0.717) is 6.04 Å². The van der Waals surface area contributed by atoms with Gasteiger partial charge < -0.3 is 4.74 Å². The SMILES string of the molecule is COC1(C(NN)C2CCC2)CCCC1. The molecule has 0 aromatic carbocycles. The van der Waals surface area contributed by atoms with E-state index in [-0.39, 0.29) is 5.60 Å². The number of methoxy groups -OCH3 is 1. The van der Waals surface area contributed by atoms with Gasteiger partial charge in [-0.1, -0.05) is 19.3 Å². The van der Waals surface area contributed by atoms with Crippen molar-refractivity contribution in [3.63, 3.8) is 0 Å². The van der Waals surface area contributed by atoms with Crippen molar-refractivity contribution >= 4 is 0 Å². The van der Waals surface area contributed by atoms with Crippen molar-refractivity contribution in [3.05, 3.63) is 0 Å². The number of hydrogen-bond donors (Lipinski definition) is 2.